The first-order chi connectivity index (χ1) is 13.7. The van der Waals surface area contributed by atoms with Gasteiger partial charge in [0.15, 0.2) is 0 Å². The number of rotatable bonds is 4. The zero-order valence-electron chi connectivity index (χ0n) is 14.9. The van der Waals surface area contributed by atoms with Crippen LogP contribution in [0.5, 0.6) is 0 Å². The van der Waals surface area contributed by atoms with Gasteiger partial charge in [-0.2, -0.15) is 32.3 Å². The van der Waals surface area contributed by atoms with Gasteiger partial charge in [0.25, 0.3) is 0 Å². The van der Waals surface area contributed by atoms with Crippen LogP contribution in [0.15, 0.2) is 42.5 Å². The van der Waals surface area contributed by atoms with Crippen LogP contribution in [-0.4, -0.2) is 30.4 Å². The highest BCUT2D eigenvalue weighted by atomic mass is 19.4. The van der Waals surface area contributed by atoms with Crippen LogP contribution in [0.25, 0.3) is 10.9 Å². The molecule has 150 valence electrons. The molecule has 0 saturated heterocycles. The molecule has 0 aliphatic heterocycles. The molecule has 6 nitrogen and oxygen atoms in total. The van der Waals surface area contributed by atoms with Crippen molar-refractivity contribution in [2.24, 2.45) is 0 Å². The number of nitrogens with zero attached hydrogens (tertiary/aromatic N) is 5. The third-order valence-corrected chi connectivity index (χ3v) is 4.57. The lowest BCUT2D eigenvalue weighted by Crippen LogP contribution is -2.17. The zero-order valence-corrected chi connectivity index (χ0v) is 14.9. The quantitative estimate of drug-likeness (QED) is 0.517. The van der Waals surface area contributed by atoms with E-state index in [2.05, 4.69) is 20.5 Å². The molecule has 29 heavy (non-hydrogen) atoms. The number of hydrogen-bond acceptors (Lipinski definition) is 4. The third kappa shape index (κ3) is 3.32. The number of tetrazole rings is 1. The molecule has 2 aromatic carbocycles. The van der Waals surface area contributed by atoms with Gasteiger partial charge >= 0.3 is 12.1 Å². The van der Waals surface area contributed by atoms with Crippen molar-refractivity contribution in [3.8, 4) is 0 Å². The predicted molar refractivity (Wildman–Crippen MR) is 92.2 cm³/mol. The molecule has 0 saturated carbocycles. The number of halogens is 5. The fourth-order valence-electron chi connectivity index (χ4n) is 3.18. The first-order valence-electron chi connectivity index (χ1n) is 8.42. The summed E-state index contributed by atoms with van der Waals surface area (Å²) in [7, 11) is 0. The van der Waals surface area contributed by atoms with Crippen LogP contribution in [0.3, 0.4) is 0 Å². The van der Waals surface area contributed by atoms with Gasteiger partial charge in [0.2, 0.25) is 5.82 Å². The molecule has 0 aliphatic rings. The Morgan fingerprint density at radius 2 is 1.79 bits per heavy atom. The van der Waals surface area contributed by atoms with Gasteiger partial charge in [-0.15, -0.1) is 10.2 Å². The number of benzene rings is 2. The Hall–Kier alpha value is -3.37. The molecule has 11 heteroatoms. The van der Waals surface area contributed by atoms with Gasteiger partial charge in [0.1, 0.15) is 0 Å². The number of H-pyrrole nitrogens is 1. The van der Waals surface area contributed by atoms with Crippen molar-refractivity contribution >= 4 is 10.9 Å². The monoisotopic (exact) mass is 408 g/mol. The van der Waals surface area contributed by atoms with E-state index in [9.17, 15) is 22.0 Å². The number of aromatic nitrogens is 6. The van der Waals surface area contributed by atoms with Crippen LogP contribution in [-0.2, 0) is 18.6 Å². The maximum absolute atomic E-state index is 14.7. The molecule has 0 radical (unpaired) electrons. The summed E-state index contributed by atoms with van der Waals surface area (Å²) in [5.74, 6) is -4.34. The second-order valence-electron chi connectivity index (χ2n) is 6.44. The first kappa shape index (κ1) is 19.0. The molecule has 2 aromatic heterocycles. The Kier molecular flexibility index (Phi) is 4.32. The van der Waals surface area contributed by atoms with Crippen LogP contribution in [0.2, 0.25) is 0 Å². The molecular weight excluding hydrogens is 395 g/mol. The van der Waals surface area contributed by atoms with Gasteiger partial charge in [-0.25, -0.2) is 0 Å². The van der Waals surface area contributed by atoms with Crippen LogP contribution in [0, 0.1) is 6.92 Å². The summed E-state index contributed by atoms with van der Waals surface area (Å²) in [4.78, 5) is 0. The van der Waals surface area contributed by atoms with Crippen LogP contribution < -0.4 is 0 Å². The van der Waals surface area contributed by atoms with Gasteiger partial charge in [0.05, 0.1) is 23.3 Å². The van der Waals surface area contributed by atoms with E-state index in [1.807, 2.05) is 5.21 Å². The van der Waals surface area contributed by atoms with E-state index in [1.54, 1.807) is 6.92 Å². The average molecular weight is 408 g/mol. The first-order valence-corrected chi connectivity index (χ1v) is 8.42. The standard InChI is InChI=1S/C18H13F5N6/c1-10-13-7-6-12(17(19,20)16-24-27-28-25-16)8-15(13)29(26-10)9-11-4-2-3-5-14(11)18(21,22)23/h2-8H,9H2,1H3,(H,24,25,27,28). The van der Waals surface area contributed by atoms with Gasteiger partial charge < -0.3 is 0 Å². The van der Waals surface area contributed by atoms with Crippen molar-refractivity contribution in [2.75, 3.05) is 0 Å². The molecule has 2 heterocycles. The Morgan fingerprint density at radius 1 is 1.03 bits per heavy atom. The lowest BCUT2D eigenvalue weighted by Gasteiger charge is -2.14. The lowest BCUT2D eigenvalue weighted by molar-refractivity contribution is -0.138. The summed E-state index contributed by atoms with van der Waals surface area (Å²) in [5.41, 5.74) is -0.440. The molecule has 0 atom stereocenters. The topological polar surface area (TPSA) is 72.3 Å². The Morgan fingerprint density at radius 3 is 2.48 bits per heavy atom. The number of aryl methyl sites for hydroxylation is 1. The smallest absolute Gasteiger partial charge is 0.260 e. The largest absolute Gasteiger partial charge is 0.416 e. The lowest BCUT2D eigenvalue weighted by atomic mass is 10.0. The summed E-state index contributed by atoms with van der Waals surface area (Å²) in [6, 6.07) is 8.94. The van der Waals surface area contributed by atoms with Crippen LogP contribution in [0.1, 0.15) is 28.2 Å². The highest BCUT2D eigenvalue weighted by Gasteiger charge is 2.39. The van der Waals surface area contributed by atoms with Crippen molar-refractivity contribution in [3.05, 3.63) is 70.7 Å². The number of fused-ring (bicyclic) bond motifs is 1. The SMILES string of the molecule is Cc1nn(Cc2ccccc2C(F)(F)F)c2cc(C(F)(F)c3nn[nH]n3)ccc12. The molecule has 0 aliphatic carbocycles. The van der Waals surface area contributed by atoms with Crippen molar-refractivity contribution in [1.82, 2.24) is 30.4 Å². The molecule has 1 N–H and O–H groups in total. The maximum atomic E-state index is 14.7. The van der Waals surface area contributed by atoms with Gasteiger partial charge in [-0.3, -0.25) is 4.68 Å². The Balaban J connectivity index is 1.81. The van der Waals surface area contributed by atoms with E-state index in [-0.39, 0.29) is 17.6 Å². The predicted octanol–water partition coefficient (Wildman–Crippen LogP) is 4.07. The van der Waals surface area contributed by atoms with E-state index >= 15 is 0 Å². The molecule has 0 unspecified atom stereocenters. The average Bonchev–Trinajstić information content (AvgIpc) is 3.31. The van der Waals surface area contributed by atoms with Gasteiger partial charge in [-0.05, 0) is 29.8 Å². The van der Waals surface area contributed by atoms with Crippen molar-refractivity contribution < 1.29 is 22.0 Å². The van der Waals surface area contributed by atoms with Crippen molar-refractivity contribution in [1.29, 1.82) is 0 Å². The summed E-state index contributed by atoms with van der Waals surface area (Å²) in [6.07, 6.45) is -4.54. The molecule has 0 amide bonds. The molecule has 4 rings (SSSR count). The molecular formula is C18H13F5N6. The Bertz CT molecular complexity index is 1160. The van der Waals surface area contributed by atoms with Crippen LogP contribution in [0.4, 0.5) is 22.0 Å². The molecule has 0 fully saturated rings. The second-order valence-corrected chi connectivity index (χ2v) is 6.44. The number of alkyl halides is 5. The second kappa shape index (κ2) is 6.61. The van der Waals surface area contributed by atoms with E-state index < -0.39 is 29.1 Å². The summed E-state index contributed by atoms with van der Waals surface area (Å²) in [5, 5.41) is 16.6. The number of nitrogens with one attached hydrogen (secondary N) is 1. The van der Waals surface area contributed by atoms with Crippen molar-refractivity contribution in [3.63, 3.8) is 0 Å². The summed E-state index contributed by atoms with van der Waals surface area (Å²) >= 11 is 0. The van der Waals surface area contributed by atoms with Gasteiger partial charge in [0, 0.05) is 10.9 Å². The normalized spacial score (nSPS) is 12.6. The van der Waals surface area contributed by atoms with E-state index in [0.717, 1.165) is 6.07 Å². The fourth-order valence-corrected chi connectivity index (χ4v) is 3.18. The number of aromatic amines is 1. The minimum absolute atomic E-state index is 0.0141. The minimum atomic E-state index is -4.54. The van der Waals surface area contributed by atoms with Crippen molar-refractivity contribution in [2.45, 2.75) is 25.6 Å². The van der Waals surface area contributed by atoms with E-state index in [4.69, 9.17) is 0 Å². The van der Waals surface area contributed by atoms with Crippen LogP contribution >= 0.6 is 0 Å². The third-order valence-electron chi connectivity index (χ3n) is 4.57. The highest BCUT2D eigenvalue weighted by molar-refractivity contribution is 5.82. The van der Waals surface area contributed by atoms with E-state index in [0.29, 0.717) is 11.1 Å². The molecule has 4 aromatic rings. The van der Waals surface area contributed by atoms with Gasteiger partial charge in [-0.1, -0.05) is 30.3 Å². The Labute approximate surface area is 160 Å². The summed E-state index contributed by atoms with van der Waals surface area (Å²) in [6.45, 7) is 1.43. The fraction of sp³-hybridized carbons (Fsp3) is 0.222. The highest BCUT2D eigenvalue weighted by Crippen LogP contribution is 2.36. The zero-order chi connectivity index (χ0) is 20.8. The molecule has 0 spiro atoms. The maximum Gasteiger partial charge on any atom is 0.416 e. The minimum Gasteiger partial charge on any atom is -0.260 e. The summed E-state index contributed by atoms with van der Waals surface area (Å²) < 4.78 is 70.5. The molecule has 0 bridgehead atoms. The van der Waals surface area contributed by atoms with E-state index in [1.165, 1.54) is 41.1 Å². The number of hydrogen-bond donors (Lipinski definition) is 1.